The highest BCUT2D eigenvalue weighted by Gasteiger charge is 2.30. The molecule has 1 atom stereocenters. The molecule has 2 aromatic carbocycles. The molecule has 1 aliphatic heterocycles. The second kappa shape index (κ2) is 7.09. The number of amides is 1. The number of ether oxygens (including phenoxy) is 1. The molecule has 0 aromatic heterocycles. The summed E-state index contributed by atoms with van der Waals surface area (Å²) in [7, 11) is -0.486. The van der Waals surface area contributed by atoms with Crippen molar-refractivity contribution in [3.8, 4) is 5.75 Å². The molecular formula is C19H22N2O4S. The highest BCUT2D eigenvalue weighted by molar-refractivity contribution is 7.89. The molecule has 0 saturated heterocycles. The molecule has 1 amide bonds. The number of rotatable bonds is 5. The van der Waals surface area contributed by atoms with Gasteiger partial charge in [0.25, 0.3) is 5.91 Å². The van der Waals surface area contributed by atoms with E-state index in [-0.39, 0.29) is 10.8 Å². The number of carbonyl (C=O) groups excluding carboxylic acids is 1. The largest absolute Gasteiger partial charge is 0.481 e. The Balaban J connectivity index is 1.80. The minimum Gasteiger partial charge on any atom is -0.481 e. The van der Waals surface area contributed by atoms with Crippen LogP contribution in [0.25, 0.3) is 0 Å². The van der Waals surface area contributed by atoms with Gasteiger partial charge in [-0.25, -0.2) is 12.7 Å². The third-order valence-electron chi connectivity index (χ3n) is 4.39. The maximum Gasteiger partial charge on any atom is 0.267 e. The topological polar surface area (TPSA) is 66.9 Å². The number of sulfonamides is 1. The Morgan fingerprint density at radius 2 is 1.85 bits per heavy atom. The third kappa shape index (κ3) is 3.45. The monoisotopic (exact) mass is 374 g/mol. The van der Waals surface area contributed by atoms with Crippen molar-refractivity contribution >= 4 is 21.6 Å². The van der Waals surface area contributed by atoms with Gasteiger partial charge in [-0.2, -0.15) is 0 Å². The summed E-state index contributed by atoms with van der Waals surface area (Å²) in [4.78, 5) is 14.7. The molecule has 6 nitrogen and oxygen atoms in total. The van der Waals surface area contributed by atoms with E-state index in [9.17, 15) is 13.2 Å². The summed E-state index contributed by atoms with van der Waals surface area (Å²) < 4.78 is 31.5. The van der Waals surface area contributed by atoms with E-state index in [1.807, 2.05) is 18.2 Å². The Hall–Kier alpha value is -2.38. The molecule has 0 spiro atoms. The Kier molecular flexibility index (Phi) is 5.02. The van der Waals surface area contributed by atoms with Crippen molar-refractivity contribution in [2.24, 2.45) is 0 Å². The number of fused-ring (bicyclic) bond motifs is 1. The van der Waals surface area contributed by atoms with Crippen LogP contribution in [0.3, 0.4) is 0 Å². The maximum absolute atomic E-state index is 12.8. The van der Waals surface area contributed by atoms with E-state index in [2.05, 4.69) is 0 Å². The lowest BCUT2D eigenvalue weighted by atomic mass is 10.2. The van der Waals surface area contributed by atoms with Gasteiger partial charge < -0.3 is 9.64 Å². The van der Waals surface area contributed by atoms with Crippen LogP contribution in [-0.4, -0.2) is 45.4 Å². The summed E-state index contributed by atoms with van der Waals surface area (Å²) in [5.74, 6) is 0.496. The molecule has 7 heteroatoms. The van der Waals surface area contributed by atoms with Crippen molar-refractivity contribution in [3.63, 3.8) is 0 Å². The van der Waals surface area contributed by atoms with Crippen LogP contribution in [0.15, 0.2) is 53.4 Å². The summed E-state index contributed by atoms with van der Waals surface area (Å²) in [6.07, 6.45) is -0.0100. The van der Waals surface area contributed by atoms with Crippen molar-refractivity contribution in [2.75, 3.05) is 25.5 Å². The van der Waals surface area contributed by atoms with Gasteiger partial charge in [0.1, 0.15) is 5.75 Å². The zero-order valence-corrected chi connectivity index (χ0v) is 15.9. The molecule has 0 saturated carbocycles. The first kappa shape index (κ1) is 18.4. The van der Waals surface area contributed by atoms with Crippen molar-refractivity contribution in [1.29, 1.82) is 0 Å². The molecule has 0 N–H and O–H groups in total. The van der Waals surface area contributed by atoms with Crippen LogP contribution in [0, 0.1) is 0 Å². The molecule has 0 bridgehead atoms. The van der Waals surface area contributed by atoms with Gasteiger partial charge in [0.15, 0.2) is 6.10 Å². The Morgan fingerprint density at radius 3 is 2.50 bits per heavy atom. The molecule has 0 radical (unpaired) electrons. The van der Waals surface area contributed by atoms with E-state index in [4.69, 9.17) is 4.74 Å². The maximum atomic E-state index is 12.8. The van der Waals surface area contributed by atoms with Crippen LogP contribution in [0.4, 0.5) is 5.69 Å². The average molecular weight is 374 g/mol. The number of benzene rings is 2. The first-order chi connectivity index (χ1) is 12.3. The SMILES string of the molecule is C[C@H](Oc1ccccc1)C(=O)N1CCc2cc(S(=O)(=O)N(C)C)ccc21. The van der Waals surface area contributed by atoms with E-state index >= 15 is 0 Å². The molecule has 1 heterocycles. The summed E-state index contributed by atoms with van der Waals surface area (Å²) in [6, 6.07) is 14.1. The summed E-state index contributed by atoms with van der Waals surface area (Å²) >= 11 is 0. The Morgan fingerprint density at radius 1 is 1.15 bits per heavy atom. The highest BCUT2D eigenvalue weighted by Crippen LogP contribution is 2.31. The van der Waals surface area contributed by atoms with Crippen molar-refractivity contribution in [1.82, 2.24) is 4.31 Å². The number of para-hydroxylation sites is 1. The van der Waals surface area contributed by atoms with E-state index in [1.165, 1.54) is 18.4 Å². The zero-order valence-electron chi connectivity index (χ0n) is 15.0. The standard InChI is InChI=1S/C19H22N2O4S/c1-14(25-16-7-5-4-6-8-16)19(22)21-12-11-15-13-17(9-10-18(15)21)26(23,24)20(2)3/h4-10,13-14H,11-12H2,1-3H3/t14-/m0/s1. The predicted molar refractivity (Wildman–Crippen MR) is 99.9 cm³/mol. The lowest BCUT2D eigenvalue weighted by Crippen LogP contribution is -2.39. The summed E-state index contributed by atoms with van der Waals surface area (Å²) in [5.41, 5.74) is 1.60. The molecule has 2 aromatic rings. The quantitative estimate of drug-likeness (QED) is 0.805. The fourth-order valence-electron chi connectivity index (χ4n) is 2.95. The fourth-order valence-corrected chi connectivity index (χ4v) is 3.90. The Bertz CT molecular complexity index is 910. The van der Waals surface area contributed by atoms with Crippen molar-refractivity contribution in [2.45, 2.75) is 24.3 Å². The number of hydrogen-bond acceptors (Lipinski definition) is 4. The molecule has 0 fully saturated rings. The minimum atomic E-state index is -3.49. The first-order valence-electron chi connectivity index (χ1n) is 8.39. The second-order valence-electron chi connectivity index (χ2n) is 6.39. The summed E-state index contributed by atoms with van der Waals surface area (Å²) in [5, 5.41) is 0. The van der Waals surface area contributed by atoms with Gasteiger partial charge in [-0.05, 0) is 49.2 Å². The van der Waals surface area contributed by atoms with Crippen LogP contribution in [-0.2, 0) is 21.2 Å². The average Bonchev–Trinajstić information content (AvgIpc) is 3.04. The number of anilines is 1. The molecule has 0 unspecified atom stereocenters. The summed E-state index contributed by atoms with van der Waals surface area (Å²) in [6.45, 7) is 2.24. The fraction of sp³-hybridized carbons (Fsp3) is 0.316. The lowest BCUT2D eigenvalue weighted by Gasteiger charge is -2.22. The molecule has 138 valence electrons. The third-order valence-corrected chi connectivity index (χ3v) is 6.21. The van der Waals surface area contributed by atoms with Crippen LogP contribution < -0.4 is 9.64 Å². The van der Waals surface area contributed by atoms with E-state index in [0.717, 1.165) is 11.3 Å². The lowest BCUT2D eigenvalue weighted by molar-refractivity contribution is -0.124. The minimum absolute atomic E-state index is 0.143. The van der Waals surface area contributed by atoms with Crippen LogP contribution >= 0.6 is 0 Å². The number of carbonyl (C=O) groups is 1. The van der Waals surface area contributed by atoms with Gasteiger partial charge in [0.2, 0.25) is 10.0 Å². The first-order valence-corrected chi connectivity index (χ1v) is 9.83. The van der Waals surface area contributed by atoms with E-state index in [1.54, 1.807) is 42.2 Å². The van der Waals surface area contributed by atoms with Crippen LogP contribution in [0.5, 0.6) is 5.75 Å². The van der Waals surface area contributed by atoms with E-state index < -0.39 is 16.1 Å². The molecule has 0 aliphatic carbocycles. The predicted octanol–water partition coefficient (Wildman–Crippen LogP) is 2.29. The molecule has 26 heavy (non-hydrogen) atoms. The molecule has 3 rings (SSSR count). The zero-order chi connectivity index (χ0) is 18.9. The van der Waals surface area contributed by atoms with Gasteiger partial charge >= 0.3 is 0 Å². The number of nitrogens with zero attached hydrogens (tertiary/aromatic N) is 2. The number of hydrogen-bond donors (Lipinski definition) is 0. The highest BCUT2D eigenvalue weighted by atomic mass is 32.2. The van der Waals surface area contributed by atoms with Crippen molar-refractivity contribution in [3.05, 3.63) is 54.1 Å². The molecular weight excluding hydrogens is 352 g/mol. The smallest absolute Gasteiger partial charge is 0.267 e. The van der Waals surface area contributed by atoms with Crippen LogP contribution in [0.2, 0.25) is 0 Å². The molecule has 1 aliphatic rings. The van der Waals surface area contributed by atoms with Crippen molar-refractivity contribution < 1.29 is 17.9 Å². The van der Waals surface area contributed by atoms with Gasteiger partial charge in [-0.3, -0.25) is 4.79 Å². The van der Waals surface area contributed by atoms with Gasteiger partial charge in [0.05, 0.1) is 4.90 Å². The van der Waals surface area contributed by atoms with Crippen LogP contribution in [0.1, 0.15) is 12.5 Å². The van der Waals surface area contributed by atoms with Gasteiger partial charge in [0, 0.05) is 26.3 Å². The van der Waals surface area contributed by atoms with Gasteiger partial charge in [-0.15, -0.1) is 0 Å². The normalized spacial score (nSPS) is 15.0. The second-order valence-corrected chi connectivity index (χ2v) is 8.54. The Labute approximate surface area is 154 Å². The van der Waals surface area contributed by atoms with Gasteiger partial charge in [-0.1, -0.05) is 18.2 Å². The van der Waals surface area contributed by atoms with E-state index in [0.29, 0.717) is 18.7 Å².